The van der Waals surface area contributed by atoms with Crippen molar-refractivity contribution >= 4 is 6.09 Å². The van der Waals surface area contributed by atoms with Crippen molar-refractivity contribution in [2.24, 2.45) is 0 Å². The van der Waals surface area contributed by atoms with Crippen LogP contribution in [0.5, 0.6) is 5.75 Å². The van der Waals surface area contributed by atoms with E-state index >= 15 is 0 Å². The molecule has 0 radical (unpaired) electrons. The molecule has 122 valence electrons. The topological polar surface area (TPSA) is 50.8 Å². The molecule has 1 N–H and O–H groups in total. The summed E-state index contributed by atoms with van der Waals surface area (Å²) in [5.41, 5.74) is 0.700. The van der Waals surface area contributed by atoms with Crippen molar-refractivity contribution in [2.75, 3.05) is 19.7 Å². The SMILES string of the molecule is CCOc1ccccc1CNC1CN(C(=O)OC(C)(C)C)C1. The molecule has 1 aromatic rings. The molecule has 0 spiro atoms. The van der Waals surface area contributed by atoms with Crippen molar-refractivity contribution in [2.45, 2.75) is 45.9 Å². The molecular weight excluding hydrogens is 280 g/mol. The van der Waals surface area contributed by atoms with Gasteiger partial charge in [0, 0.05) is 31.2 Å². The van der Waals surface area contributed by atoms with Gasteiger partial charge in [-0.2, -0.15) is 0 Å². The van der Waals surface area contributed by atoms with Crippen molar-refractivity contribution < 1.29 is 14.3 Å². The van der Waals surface area contributed by atoms with Crippen LogP contribution in [0.2, 0.25) is 0 Å². The lowest BCUT2D eigenvalue weighted by Crippen LogP contribution is -2.60. The van der Waals surface area contributed by atoms with Gasteiger partial charge in [0.1, 0.15) is 11.4 Å². The maximum Gasteiger partial charge on any atom is 0.410 e. The van der Waals surface area contributed by atoms with E-state index in [1.807, 2.05) is 45.9 Å². The number of hydrogen-bond donors (Lipinski definition) is 1. The Labute approximate surface area is 132 Å². The van der Waals surface area contributed by atoms with Crippen LogP contribution in [0.4, 0.5) is 4.79 Å². The number of nitrogens with one attached hydrogen (secondary N) is 1. The van der Waals surface area contributed by atoms with Crippen LogP contribution in [0.3, 0.4) is 0 Å². The van der Waals surface area contributed by atoms with Crippen LogP contribution in [-0.2, 0) is 11.3 Å². The summed E-state index contributed by atoms with van der Waals surface area (Å²) in [5, 5.41) is 3.45. The quantitative estimate of drug-likeness (QED) is 0.909. The number of amides is 1. The number of ether oxygens (including phenoxy) is 2. The van der Waals surface area contributed by atoms with Gasteiger partial charge >= 0.3 is 6.09 Å². The first-order valence-electron chi connectivity index (χ1n) is 7.81. The zero-order chi connectivity index (χ0) is 16.2. The third-order valence-electron chi connectivity index (χ3n) is 3.39. The average molecular weight is 306 g/mol. The zero-order valence-electron chi connectivity index (χ0n) is 13.9. The maximum absolute atomic E-state index is 11.9. The van der Waals surface area contributed by atoms with E-state index in [9.17, 15) is 4.79 Å². The van der Waals surface area contributed by atoms with Crippen LogP contribution in [0.1, 0.15) is 33.3 Å². The predicted molar refractivity (Wildman–Crippen MR) is 86.0 cm³/mol. The normalized spacial score (nSPS) is 15.4. The molecule has 0 bridgehead atoms. The molecule has 1 heterocycles. The van der Waals surface area contributed by atoms with Gasteiger partial charge in [0.15, 0.2) is 0 Å². The fraction of sp³-hybridized carbons (Fsp3) is 0.588. The third kappa shape index (κ3) is 4.63. The van der Waals surface area contributed by atoms with Gasteiger partial charge in [-0.25, -0.2) is 4.79 Å². The molecule has 0 aliphatic carbocycles. The number of nitrogens with zero attached hydrogens (tertiary/aromatic N) is 1. The standard InChI is InChI=1S/C17H26N2O3/c1-5-21-15-9-7-6-8-13(15)10-18-14-11-19(12-14)16(20)22-17(2,3)4/h6-9,14,18H,5,10-12H2,1-4H3. The summed E-state index contributed by atoms with van der Waals surface area (Å²) in [4.78, 5) is 13.6. The van der Waals surface area contributed by atoms with Crippen molar-refractivity contribution in [3.05, 3.63) is 29.8 Å². The average Bonchev–Trinajstić information content (AvgIpc) is 2.37. The Bertz CT molecular complexity index is 505. The second-order valence-electron chi connectivity index (χ2n) is 6.50. The van der Waals surface area contributed by atoms with Crippen LogP contribution in [0.15, 0.2) is 24.3 Å². The summed E-state index contributed by atoms with van der Waals surface area (Å²) in [6.45, 7) is 10.4. The highest BCUT2D eigenvalue weighted by Gasteiger charge is 2.33. The van der Waals surface area contributed by atoms with Gasteiger partial charge in [0.25, 0.3) is 0 Å². The highest BCUT2D eigenvalue weighted by Crippen LogP contribution is 2.19. The van der Waals surface area contributed by atoms with Crippen molar-refractivity contribution in [3.8, 4) is 5.75 Å². The van der Waals surface area contributed by atoms with E-state index in [1.54, 1.807) is 4.90 Å². The maximum atomic E-state index is 11.9. The second-order valence-corrected chi connectivity index (χ2v) is 6.50. The molecule has 5 nitrogen and oxygen atoms in total. The Balaban J connectivity index is 1.76. The van der Waals surface area contributed by atoms with Crippen LogP contribution in [0, 0.1) is 0 Å². The fourth-order valence-corrected chi connectivity index (χ4v) is 2.28. The Kier molecular flexibility index (Phi) is 5.29. The molecule has 1 aliphatic heterocycles. The molecule has 2 rings (SSSR count). The van der Waals surface area contributed by atoms with Crippen LogP contribution < -0.4 is 10.1 Å². The lowest BCUT2D eigenvalue weighted by Gasteiger charge is -2.40. The van der Waals surface area contributed by atoms with Crippen molar-refractivity contribution in [1.82, 2.24) is 10.2 Å². The Morgan fingerprint density at radius 2 is 2.00 bits per heavy atom. The monoisotopic (exact) mass is 306 g/mol. The van der Waals surface area contributed by atoms with E-state index in [-0.39, 0.29) is 6.09 Å². The first kappa shape index (κ1) is 16.6. The molecule has 22 heavy (non-hydrogen) atoms. The fourth-order valence-electron chi connectivity index (χ4n) is 2.28. The first-order valence-corrected chi connectivity index (χ1v) is 7.81. The van der Waals surface area contributed by atoms with E-state index in [0.717, 1.165) is 17.9 Å². The number of para-hydroxylation sites is 1. The zero-order valence-corrected chi connectivity index (χ0v) is 13.9. The Morgan fingerprint density at radius 1 is 1.32 bits per heavy atom. The Hall–Kier alpha value is -1.75. The van der Waals surface area contributed by atoms with Crippen LogP contribution in [0.25, 0.3) is 0 Å². The molecule has 0 saturated carbocycles. The molecule has 5 heteroatoms. The van der Waals surface area contributed by atoms with Gasteiger partial charge in [0.05, 0.1) is 6.61 Å². The highest BCUT2D eigenvalue weighted by molar-refractivity contribution is 5.69. The molecule has 0 aromatic heterocycles. The molecule has 1 amide bonds. The number of likely N-dealkylation sites (tertiary alicyclic amines) is 1. The third-order valence-corrected chi connectivity index (χ3v) is 3.39. The number of carbonyl (C=O) groups is 1. The largest absolute Gasteiger partial charge is 0.494 e. The van der Waals surface area contributed by atoms with Gasteiger partial charge in [-0.15, -0.1) is 0 Å². The summed E-state index contributed by atoms with van der Waals surface area (Å²) in [6.07, 6.45) is -0.236. The minimum absolute atomic E-state index is 0.236. The molecule has 0 atom stereocenters. The lowest BCUT2D eigenvalue weighted by atomic mass is 10.1. The summed E-state index contributed by atoms with van der Waals surface area (Å²) in [6, 6.07) is 8.33. The molecule has 1 saturated heterocycles. The van der Waals surface area contributed by atoms with Gasteiger partial charge in [-0.3, -0.25) is 0 Å². The minimum atomic E-state index is -0.438. The van der Waals surface area contributed by atoms with Crippen LogP contribution in [-0.4, -0.2) is 42.3 Å². The summed E-state index contributed by atoms with van der Waals surface area (Å²) in [5.74, 6) is 0.917. The Morgan fingerprint density at radius 3 is 2.64 bits per heavy atom. The van der Waals surface area contributed by atoms with Crippen molar-refractivity contribution in [3.63, 3.8) is 0 Å². The van der Waals surface area contributed by atoms with E-state index < -0.39 is 5.60 Å². The van der Waals surface area contributed by atoms with E-state index in [4.69, 9.17) is 9.47 Å². The predicted octanol–water partition coefficient (Wildman–Crippen LogP) is 2.79. The van der Waals surface area contributed by atoms with Gasteiger partial charge in [0.2, 0.25) is 0 Å². The summed E-state index contributed by atoms with van der Waals surface area (Å²) < 4.78 is 11.0. The molecule has 1 fully saturated rings. The van der Waals surface area contributed by atoms with Gasteiger partial charge < -0.3 is 19.7 Å². The molecule has 1 aliphatic rings. The minimum Gasteiger partial charge on any atom is -0.494 e. The molecule has 0 unspecified atom stereocenters. The van der Waals surface area contributed by atoms with E-state index in [1.165, 1.54) is 0 Å². The number of benzene rings is 1. The van der Waals surface area contributed by atoms with E-state index in [2.05, 4.69) is 11.4 Å². The smallest absolute Gasteiger partial charge is 0.410 e. The number of carbonyl (C=O) groups excluding carboxylic acids is 1. The summed E-state index contributed by atoms with van der Waals surface area (Å²) in [7, 11) is 0. The number of rotatable bonds is 5. The summed E-state index contributed by atoms with van der Waals surface area (Å²) >= 11 is 0. The van der Waals surface area contributed by atoms with Crippen LogP contribution >= 0.6 is 0 Å². The van der Waals surface area contributed by atoms with E-state index in [0.29, 0.717) is 25.7 Å². The van der Waals surface area contributed by atoms with Gasteiger partial charge in [-0.05, 0) is 33.8 Å². The molecule has 1 aromatic carbocycles. The second kappa shape index (κ2) is 7.01. The number of hydrogen-bond acceptors (Lipinski definition) is 4. The molecular formula is C17H26N2O3. The van der Waals surface area contributed by atoms with Crippen molar-refractivity contribution in [1.29, 1.82) is 0 Å². The first-order chi connectivity index (χ1) is 10.4. The highest BCUT2D eigenvalue weighted by atomic mass is 16.6. The lowest BCUT2D eigenvalue weighted by molar-refractivity contribution is 0.00516. The van der Waals surface area contributed by atoms with Gasteiger partial charge in [-0.1, -0.05) is 18.2 Å².